The number of aromatic nitrogens is 1. The van der Waals surface area contributed by atoms with E-state index in [1.807, 2.05) is 0 Å². The van der Waals surface area contributed by atoms with Gasteiger partial charge in [0.15, 0.2) is 0 Å². The fourth-order valence-corrected chi connectivity index (χ4v) is 1.59. The molecule has 4 N–H and O–H groups in total. The fourth-order valence-electron chi connectivity index (χ4n) is 1.59. The maximum absolute atomic E-state index is 12.8. The average Bonchev–Trinajstić information content (AvgIpc) is 2.96. The number of hydrogen-bond donors (Lipinski definition) is 3. The van der Waals surface area contributed by atoms with Crippen molar-refractivity contribution in [1.29, 1.82) is 0 Å². The summed E-state index contributed by atoms with van der Waals surface area (Å²) in [4.78, 5) is 6.24. The van der Waals surface area contributed by atoms with E-state index in [4.69, 9.17) is 5.73 Å². The second-order valence-corrected chi connectivity index (χ2v) is 3.98. The number of nitrogens with two attached hydrogens (primary N) is 1. The van der Waals surface area contributed by atoms with Gasteiger partial charge in [0.1, 0.15) is 11.7 Å². The molecule has 1 saturated carbocycles. The molecule has 1 aromatic heterocycles. The Kier molecular flexibility index (Phi) is 2.76. The maximum Gasteiger partial charge on any atom is 0.418 e. The molecule has 0 aromatic carbocycles. The van der Waals surface area contributed by atoms with E-state index in [0.29, 0.717) is 0 Å². The Bertz CT molecular complexity index is 443. The predicted molar refractivity (Wildman–Crippen MR) is 58.8 cm³/mol. The summed E-state index contributed by atoms with van der Waals surface area (Å²) in [5, 5.41) is 2.95. The molecule has 0 amide bonds. The number of hydrogen-bond acceptors (Lipinski definition) is 2. The molecule has 94 valence electrons. The van der Waals surface area contributed by atoms with Crippen molar-refractivity contribution in [2.75, 3.05) is 12.8 Å². The summed E-state index contributed by atoms with van der Waals surface area (Å²) in [6.45, 7) is 0. The number of alkyl halides is 3. The topological polar surface area (TPSA) is 66.2 Å². The van der Waals surface area contributed by atoms with E-state index in [-0.39, 0.29) is 23.3 Å². The summed E-state index contributed by atoms with van der Waals surface area (Å²) in [6, 6.07) is 0.212. The minimum absolute atomic E-state index is 0.0222. The van der Waals surface area contributed by atoms with Crippen LogP contribution in [0.3, 0.4) is 0 Å². The summed E-state index contributed by atoms with van der Waals surface area (Å²) in [6.07, 6.45) is -1.68. The van der Waals surface area contributed by atoms with Crippen LogP contribution in [0.5, 0.6) is 0 Å². The van der Waals surface area contributed by atoms with E-state index in [2.05, 4.69) is 15.3 Å². The molecule has 7 heteroatoms. The first kappa shape index (κ1) is 11.8. The summed E-state index contributed by atoms with van der Waals surface area (Å²) in [5.41, 5.74) is 4.66. The van der Waals surface area contributed by atoms with Gasteiger partial charge in [-0.3, -0.25) is 4.99 Å². The van der Waals surface area contributed by atoms with Crippen molar-refractivity contribution in [3.8, 4) is 0 Å². The highest BCUT2D eigenvalue weighted by molar-refractivity contribution is 6.04. The number of rotatable bonds is 2. The molecule has 1 aromatic rings. The Morgan fingerprint density at radius 2 is 2.18 bits per heavy atom. The van der Waals surface area contributed by atoms with Crippen LogP contribution in [0.25, 0.3) is 0 Å². The van der Waals surface area contributed by atoms with Crippen LogP contribution in [0.15, 0.2) is 11.2 Å². The van der Waals surface area contributed by atoms with Crippen LogP contribution >= 0.6 is 0 Å². The Hall–Kier alpha value is -1.66. The van der Waals surface area contributed by atoms with Gasteiger partial charge in [0.05, 0.1) is 11.1 Å². The van der Waals surface area contributed by atoms with E-state index in [0.717, 1.165) is 19.0 Å². The van der Waals surface area contributed by atoms with Crippen molar-refractivity contribution in [2.24, 2.45) is 4.99 Å². The Labute approximate surface area is 96.1 Å². The number of aromatic amines is 1. The zero-order chi connectivity index (χ0) is 12.6. The summed E-state index contributed by atoms with van der Waals surface area (Å²) < 4.78 is 38.3. The molecule has 1 fully saturated rings. The molecule has 0 bridgehead atoms. The third kappa shape index (κ3) is 2.37. The minimum Gasteiger partial charge on any atom is -0.385 e. The van der Waals surface area contributed by atoms with Crippen LogP contribution in [0.1, 0.15) is 24.0 Å². The van der Waals surface area contributed by atoms with Crippen LogP contribution in [-0.2, 0) is 6.18 Å². The van der Waals surface area contributed by atoms with Crippen molar-refractivity contribution < 1.29 is 13.2 Å². The van der Waals surface area contributed by atoms with Crippen LogP contribution in [-0.4, -0.2) is 23.9 Å². The standard InChI is InChI=1S/C10H13F3N4/c1-15-9(17-5-2-3-5)7-6(10(11,12)13)4-16-8(7)14/h4-5,16H,2-3,14H2,1H3,(H,15,17). The molecule has 4 nitrogen and oxygen atoms in total. The van der Waals surface area contributed by atoms with E-state index in [9.17, 15) is 13.2 Å². The molecule has 0 atom stereocenters. The van der Waals surface area contributed by atoms with Gasteiger partial charge in [0.25, 0.3) is 0 Å². The average molecular weight is 246 g/mol. The van der Waals surface area contributed by atoms with Gasteiger partial charge < -0.3 is 16.0 Å². The monoisotopic (exact) mass is 246 g/mol. The lowest BCUT2D eigenvalue weighted by atomic mass is 10.1. The lowest BCUT2D eigenvalue weighted by molar-refractivity contribution is -0.137. The molecule has 2 rings (SSSR count). The van der Waals surface area contributed by atoms with Gasteiger partial charge in [-0.15, -0.1) is 0 Å². The zero-order valence-corrected chi connectivity index (χ0v) is 9.23. The van der Waals surface area contributed by atoms with Crippen molar-refractivity contribution >= 4 is 11.7 Å². The summed E-state index contributed by atoms with van der Waals surface area (Å²) in [5.74, 6) is 0.171. The Morgan fingerprint density at radius 1 is 1.53 bits per heavy atom. The molecule has 0 spiro atoms. The highest BCUT2D eigenvalue weighted by Gasteiger charge is 2.37. The van der Waals surface area contributed by atoms with E-state index in [1.54, 1.807) is 0 Å². The second-order valence-electron chi connectivity index (χ2n) is 3.98. The predicted octanol–water partition coefficient (Wildman–Crippen LogP) is 1.74. The third-order valence-corrected chi connectivity index (χ3v) is 2.59. The van der Waals surface area contributed by atoms with Crippen LogP contribution in [0, 0.1) is 0 Å². The molecule has 0 radical (unpaired) electrons. The van der Waals surface area contributed by atoms with Gasteiger partial charge >= 0.3 is 6.18 Å². The smallest absolute Gasteiger partial charge is 0.385 e. The first-order chi connectivity index (χ1) is 7.93. The first-order valence-corrected chi connectivity index (χ1v) is 5.21. The van der Waals surface area contributed by atoms with E-state index < -0.39 is 11.7 Å². The number of nitrogens with zero attached hydrogens (tertiary/aromatic N) is 1. The number of H-pyrrole nitrogens is 1. The number of amidine groups is 1. The fraction of sp³-hybridized carbons (Fsp3) is 0.500. The van der Waals surface area contributed by atoms with Crippen molar-refractivity contribution in [3.05, 3.63) is 17.3 Å². The molecule has 0 unspecified atom stereocenters. The van der Waals surface area contributed by atoms with Crippen molar-refractivity contribution in [2.45, 2.75) is 25.1 Å². The van der Waals surface area contributed by atoms with Crippen molar-refractivity contribution in [3.63, 3.8) is 0 Å². The number of nitrogen functional groups attached to an aromatic ring is 1. The third-order valence-electron chi connectivity index (χ3n) is 2.59. The summed E-state index contributed by atoms with van der Waals surface area (Å²) >= 11 is 0. The van der Waals surface area contributed by atoms with E-state index in [1.165, 1.54) is 7.05 Å². The van der Waals surface area contributed by atoms with Crippen molar-refractivity contribution in [1.82, 2.24) is 10.3 Å². The SMILES string of the molecule is CN=C(NC1CC1)c1c(C(F)(F)F)c[nH]c1N. The van der Waals surface area contributed by atoms with Crippen LogP contribution < -0.4 is 11.1 Å². The molecule has 17 heavy (non-hydrogen) atoms. The van der Waals surface area contributed by atoms with Gasteiger partial charge in [0, 0.05) is 19.3 Å². The lowest BCUT2D eigenvalue weighted by Gasteiger charge is -2.12. The molecule has 1 aliphatic rings. The minimum atomic E-state index is -4.44. The zero-order valence-electron chi connectivity index (χ0n) is 9.23. The maximum atomic E-state index is 12.8. The molecular weight excluding hydrogens is 233 g/mol. The largest absolute Gasteiger partial charge is 0.418 e. The van der Waals surface area contributed by atoms with E-state index >= 15 is 0 Å². The molecule has 0 saturated heterocycles. The van der Waals surface area contributed by atoms with Gasteiger partial charge in [-0.05, 0) is 12.8 Å². The lowest BCUT2D eigenvalue weighted by Crippen LogP contribution is -2.29. The normalized spacial score (nSPS) is 17.3. The molecule has 1 heterocycles. The Balaban J connectivity index is 2.38. The quantitative estimate of drug-likeness (QED) is 0.549. The molecule has 1 aliphatic carbocycles. The first-order valence-electron chi connectivity index (χ1n) is 5.21. The number of halogens is 3. The van der Waals surface area contributed by atoms with Gasteiger partial charge in [-0.1, -0.05) is 0 Å². The van der Waals surface area contributed by atoms with Crippen LogP contribution in [0.4, 0.5) is 19.0 Å². The highest BCUT2D eigenvalue weighted by Crippen LogP contribution is 2.34. The van der Waals surface area contributed by atoms with Gasteiger partial charge in [-0.25, -0.2) is 0 Å². The van der Waals surface area contributed by atoms with Crippen LogP contribution in [0.2, 0.25) is 0 Å². The summed E-state index contributed by atoms with van der Waals surface area (Å²) in [7, 11) is 1.44. The number of aliphatic imine (C=N–C) groups is 1. The highest BCUT2D eigenvalue weighted by atomic mass is 19.4. The number of anilines is 1. The number of nitrogens with one attached hydrogen (secondary N) is 2. The van der Waals surface area contributed by atoms with Gasteiger partial charge in [0.2, 0.25) is 0 Å². The second kappa shape index (κ2) is 3.97. The molecule has 0 aliphatic heterocycles. The van der Waals surface area contributed by atoms with Gasteiger partial charge in [-0.2, -0.15) is 13.2 Å². The molecular formula is C10H13F3N4. The Morgan fingerprint density at radius 3 is 2.65 bits per heavy atom.